The van der Waals surface area contributed by atoms with Gasteiger partial charge in [-0.25, -0.2) is 9.78 Å². The summed E-state index contributed by atoms with van der Waals surface area (Å²) in [6.07, 6.45) is 1.71. The van der Waals surface area contributed by atoms with Crippen LogP contribution in [0.1, 0.15) is 16.1 Å². The summed E-state index contributed by atoms with van der Waals surface area (Å²) in [6.45, 7) is 4.39. The lowest BCUT2D eigenvalue weighted by molar-refractivity contribution is 0.0466. The lowest BCUT2D eigenvalue weighted by Gasteiger charge is -2.06. The highest BCUT2D eigenvalue weighted by Gasteiger charge is 2.19. The predicted molar refractivity (Wildman–Crippen MR) is 87.5 cm³/mol. The molecular formula is C15H13ClN2O4S. The number of hydrogen-bond donors (Lipinski definition) is 1. The Kier molecular flexibility index (Phi) is 4.68. The van der Waals surface area contributed by atoms with Crippen LogP contribution in [0.5, 0.6) is 11.5 Å². The molecule has 23 heavy (non-hydrogen) atoms. The van der Waals surface area contributed by atoms with Crippen molar-refractivity contribution in [1.29, 1.82) is 0 Å². The van der Waals surface area contributed by atoms with Crippen LogP contribution in [0.25, 0.3) is 0 Å². The molecule has 0 fully saturated rings. The second-order valence-electron chi connectivity index (χ2n) is 4.60. The van der Waals surface area contributed by atoms with Crippen LogP contribution in [0.4, 0.5) is 5.13 Å². The summed E-state index contributed by atoms with van der Waals surface area (Å²) in [5.74, 6) is 0.564. The Labute approximate surface area is 141 Å². The Morgan fingerprint density at radius 1 is 1.52 bits per heavy atom. The van der Waals surface area contributed by atoms with Gasteiger partial charge in [0.1, 0.15) is 6.61 Å². The molecule has 3 rings (SSSR count). The number of anilines is 1. The number of carbonyl (C=O) groups is 1. The number of hydrogen-bond acceptors (Lipinski definition) is 7. The zero-order valence-electron chi connectivity index (χ0n) is 12.0. The minimum atomic E-state index is -0.498. The second-order valence-corrected chi connectivity index (χ2v) is 5.86. The minimum absolute atomic E-state index is 0.0716. The van der Waals surface area contributed by atoms with E-state index in [0.29, 0.717) is 33.8 Å². The van der Waals surface area contributed by atoms with Crippen molar-refractivity contribution in [3.8, 4) is 11.5 Å². The maximum atomic E-state index is 12.0. The van der Waals surface area contributed by atoms with Crippen LogP contribution < -0.4 is 14.8 Å². The highest BCUT2D eigenvalue weighted by Crippen LogP contribution is 2.39. The monoisotopic (exact) mass is 352 g/mol. The van der Waals surface area contributed by atoms with E-state index in [2.05, 4.69) is 16.9 Å². The van der Waals surface area contributed by atoms with Gasteiger partial charge in [0, 0.05) is 11.9 Å². The number of esters is 1. The van der Waals surface area contributed by atoms with E-state index in [1.54, 1.807) is 23.6 Å². The van der Waals surface area contributed by atoms with Gasteiger partial charge in [0.2, 0.25) is 6.79 Å². The number of benzene rings is 1. The van der Waals surface area contributed by atoms with Gasteiger partial charge in [-0.1, -0.05) is 17.7 Å². The second kappa shape index (κ2) is 6.89. The van der Waals surface area contributed by atoms with Crippen LogP contribution in [0.3, 0.4) is 0 Å². The van der Waals surface area contributed by atoms with Gasteiger partial charge in [-0.2, -0.15) is 0 Å². The minimum Gasteiger partial charge on any atom is -0.456 e. The van der Waals surface area contributed by atoms with Crippen molar-refractivity contribution in [3.63, 3.8) is 0 Å². The number of fused-ring (bicyclic) bond motifs is 1. The first-order chi connectivity index (χ1) is 11.2. The van der Waals surface area contributed by atoms with Gasteiger partial charge in [0.25, 0.3) is 0 Å². The number of rotatable bonds is 6. The lowest BCUT2D eigenvalue weighted by atomic mass is 10.2. The van der Waals surface area contributed by atoms with Crippen molar-refractivity contribution >= 4 is 34.0 Å². The van der Waals surface area contributed by atoms with Crippen molar-refractivity contribution < 1.29 is 19.0 Å². The lowest BCUT2D eigenvalue weighted by Crippen LogP contribution is -2.06. The van der Waals surface area contributed by atoms with Crippen LogP contribution >= 0.6 is 22.9 Å². The Hall–Kier alpha value is -2.25. The fourth-order valence-electron chi connectivity index (χ4n) is 1.94. The summed E-state index contributed by atoms with van der Waals surface area (Å²) in [4.78, 5) is 16.2. The van der Waals surface area contributed by atoms with Crippen LogP contribution in [0.15, 0.2) is 30.2 Å². The number of carbonyl (C=O) groups excluding carboxylic acids is 1. The van der Waals surface area contributed by atoms with Crippen molar-refractivity contribution in [2.24, 2.45) is 0 Å². The quantitative estimate of drug-likeness (QED) is 0.634. The smallest absolute Gasteiger partial charge is 0.358 e. The molecule has 1 aromatic heterocycles. The van der Waals surface area contributed by atoms with Gasteiger partial charge in [0.05, 0.1) is 5.02 Å². The van der Waals surface area contributed by atoms with E-state index in [-0.39, 0.29) is 19.1 Å². The summed E-state index contributed by atoms with van der Waals surface area (Å²) in [5.41, 5.74) is 0.973. The third kappa shape index (κ3) is 3.57. The zero-order chi connectivity index (χ0) is 16.2. The Morgan fingerprint density at radius 2 is 2.39 bits per heavy atom. The molecule has 2 heterocycles. The number of nitrogens with one attached hydrogen (secondary N) is 1. The maximum Gasteiger partial charge on any atom is 0.358 e. The molecule has 0 atom stereocenters. The Bertz CT molecular complexity index is 747. The van der Waals surface area contributed by atoms with E-state index in [0.717, 1.165) is 0 Å². The van der Waals surface area contributed by atoms with Gasteiger partial charge in [0.15, 0.2) is 22.3 Å². The number of nitrogens with zero attached hydrogens (tertiary/aromatic N) is 1. The van der Waals surface area contributed by atoms with Gasteiger partial charge in [-0.15, -0.1) is 17.9 Å². The molecule has 0 saturated carbocycles. The van der Waals surface area contributed by atoms with Gasteiger partial charge in [-0.05, 0) is 17.7 Å². The fourth-order valence-corrected chi connectivity index (χ4v) is 2.91. The van der Waals surface area contributed by atoms with Crippen LogP contribution in [0, 0.1) is 0 Å². The molecule has 0 bridgehead atoms. The number of ether oxygens (including phenoxy) is 3. The van der Waals surface area contributed by atoms with Crippen LogP contribution in [0.2, 0.25) is 5.02 Å². The Balaban J connectivity index is 1.62. The van der Waals surface area contributed by atoms with E-state index in [1.165, 1.54) is 11.3 Å². The van der Waals surface area contributed by atoms with Crippen LogP contribution in [-0.2, 0) is 11.3 Å². The standard InChI is InChI=1S/C15H13ClN2O4S/c1-2-3-17-15-18-11(7-23-15)14(19)20-6-9-4-10(16)13-12(5-9)21-8-22-13/h2,4-5,7H,1,3,6,8H2,(H,17,18). The Morgan fingerprint density at radius 3 is 3.22 bits per heavy atom. The average Bonchev–Trinajstić information content (AvgIpc) is 3.19. The van der Waals surface area contributed by atoms with E-state index >= 15 is 0 Å². The number of aromatic nitrogens is 1. The van der Waals surface area contributed by atoms with E-state index in [9.17, 15) is 4.79 Å². The highest BCUT2D eigenvalue weighted by atomic mass is 35.5. The largest absolute Gasteiger partial charge is 0.456 e. The molecule has 1 aromatic carbocycles. The maximum absolute atomic E-state index is 12.0. The molecule has 0 aliphatic carbocycles. The SMILES string of the molecule is C=CCNc1nc(C(=O)OCc2cc(Cl)c3c(c2)OCO3)cs1. The average molecular weight is 353 g/mol. The molecule has 120 valence electrons. The molecule has 0 saturated heterocycles. The van der Waals surface area contributed by atoms with Gasteiger partial charge in [-0.3, -0.25) is 0 Å². The van der Waals surface area contributed by atoms with Crippen LogP contribution in [-0.4, -0.2) is 24.3 Å². The molecule has 1 aliphatic heterocycles. The van der Waals surface area contributed by atoms with E-state index in [4.69, 9.17) is 25.8 Å². The molecule has 1 aliphatic rings. The van der Waals surface area contributed by atoms with Gasteiger partial charge >= 0.3 is 5.97 Å². The summed E-state index contributed by atoms with van der Waals surface area (Å²) in [6, 6.07) is 3.42. The first kappa shape index (κ1) is 15.6. The normalized spacial score (nSPS) is 12.0. The third-order valence-corrected chi connectivity index (χ3v) is 4.05. The molecule has 0 spiro atoms. The highest BCUT2D eigenvalue weighted by molar-refractivity contribution is 7.13. The molecule has 8 heteroatoms. The summed E-state index contributed by atoms with van der Waals surface area (Å²) < 4.78 is 15.8. The van der Waals surface area contributed by atoms with E-state index < -0.39 is 5.97 Å². The van der Waals surface area contributed by atoms with E-state index in [1.807, 2.05) is 0 Å². The third-order valence-electron chi connectivity index (χ3n) is 2.97. The molecule has 2 aromatic rings. The van der Waals surface area contributed by atoms with Crippen molar-refractivity contribution in [2.45, 2.75) is 6.61 Å². The molecule has 0 radical (unpaired) electrons. The topological polar surface area (TPSA) is 69.7 Å². The van der Waals surface area contributed by atoms with Crippen molar-refractivity contribution in [3.05, 3.63) is 46.4 Å². The zero-order valence-corrected chi connectivity index (χ0v) is 13.6. The van der Waals surface area contributed by atoms with Gasteiger partial charge < -0.3 is 19.5 Å². The van der Waals surface area contributed by atoms with Crippen molar-refractivity contribution in [2.75, 3.05) is 18.7 Å². The summed E-state index contributed by atoms with van der Waals surface area (Å²) in [5, 5.41) is 5.72. The first-order valence-corrected chi connectivity index (χ1v) is 7.98. The predicted octanol–water partition coefficient (Wildman–Crippen LogP) is 3.48. The molecule has 6 nitrogen and oxygen atoms in total. The molecule has 0 unspecified atom stereocenters. The van der Waals surface area contributed by atoms with Crippen molar-refractivity contribution in [1.82, 2.24) is 4.98 Å². The molecule has 1 N–H and O–H groups in total. The molecular weight excluding hydrogens is 340 g/mol. The number of halogens is 1. The summed E-state index contributed by atoms with van der Waals surface area (Å²) in [7, 11) is 0. The fraction of sp³-hybridized carbons (Fsp3) is 0.200. The first-order valence-electron chi connectivity index (χ1n) is 6.73. The number of thiazole rings is 1. The molecule has 0 amide bonds. The summed E-state index contributed by atoms with van der Waals surface area (Å²) >= 11 is 7.42.